The SMILES string of the molecule is Cc1cccc(OCc2nnc(SCc3csc(-c4ccco4)n3)o2)c1. The minimum Gasteiger partial charge on any atom is -0.484 e. The van der Waals surface area contributed by atoms with Crippen molar-refractivity contribution >= 4 is 23.1 Å². The molecule has 0 unspecified atom stereocenters. The zero-order valence-corrected chi connectivity index (χ0v) is 15.5. The van der Waals surface area contributed by atoms with E-state index in [9.17, 15) is 0 Å². The van der Waals surface area contributed by atoms with Crippen LogP contribution in [0.15, 0.2) is 62.1 Å². The van der Waals surface area contributed by atoms with Gasteiger partial charge in [-0.1, -0.05) is 23.9 Å². The average Bonchev–Trinajstić information content (AvgIpc) is 3.39. The summed E-state index contributed by atoms with van der Waals surface area (Å²) in [7, 11) is 0. The first-order chi connectivity index (χ1) is 12.8. The van der Waals surface area contributed by atoms with E-state index in [0.717, 1.165) is 27.8 Å². The smallest absolute Gasteiger partial charge is 0.277 e. The van der Waals surface area contributed by atoms with E-state index < -0.39 is 0 Å². The molecule has 0 radical (unpaired) electrons. The van der Waals surface area contributed by atoms with Gasteiger partial charge in [0.2, 0.25) is 0 Å². The molecule has 4 rings (SSSR count). The van der Waals surface area contributed by atoms with Crippen molar-refractivity contribution < 1.29 is 13.6 Å². The third kappa shape index (κ3) is 4.14. The summed E-state index contributed by atoms with van der Waals surface area (Å²) >= 11 is 3.00. The highest BCUT2D eigenvalue weighted by molar-refractivity contribution is 7.98. The minimum atomic E-state index is 0.246. The van der Waals surface area contributed by atoms with Crippen LogP contribution >= 0.6 is 23.1 Å². The van der Waals surface area contributed by atoms with Crippen molar-refractivity contribution in [3.8, 4) is 16.5 Å². The molecule has 132 valence electrons. The van der Waals surface area contributed by atoms with E-state index in [1.54, 1.807) is 17.6 Å². The monoisotopic (exact) mass is 385 g/mol. The number of hydrogen-bond donors (Lipinski definition) is 0. The molecule has 6 nitrogen and oxygen atoms in total. The van der Waals surface area contributed by atoms with Crippen LogP contribution < -0.4 is 4.74 Å². The summed E-state index contributed by atoms with van der Waals surface area (Å²) in [5.41, 5.74) is 2.09. The van der Waals surface area contributed by atoms with E-state index in [-0.39, 0.29) is 6.61 Å². The second-order valence-electron chi connectivity index (χ2n) is 5.48. The third-order valence-electron chi connectivity index (χ3n) is 3.43. The fourth-order valence-corrected chi connectivity index (χ4v) is 3.79. The molecule has 0 spiro atoms. The summed E-state index contributed by atoms with van der Waals surface area (Å²) in [6, 6.07) is 11.6. The first-order valence-electron chi connectivity index (χ1n) is 7.89. The van der Waals surface area contributed by atoms with Gasteiger partial charge in [-0.2, -0.15) is 0 Å². The van der Waals surface area contributed by atoms with Crippen molar-refractivity contribution in [2.45, 2.75) is 24.5 Å². The number of aromatic nitrogens is 3. The maximum Gasteiger partial charge on any atom is 0.277 e. The van der Waals surface area contributed by atoms with Crippen LogP contribution in [0.25, 0.3) is 10.8 Å². The molecule has 0 aliphatic carbocycles. The van der Waals surface area contributed by atoms with Crippen LogP contribution in [0, 0.1) is 6.92 Å². The Morgan fingerprint density at radius 2 is 2.15 bits per heavy atom. The number of nitrogens with zero attached hydrogens (tertiary/aromatic N) is 3. The molecular formula is C18H15N3O3S2. The highest BCUT2D eigenvalue weighted by Gasteiger charge is 2.11. The second kappa shape index (κ2) is 7.76. The second-order valence-corrected chi connectivity index (χ2v) is 7.26. The van der Waals surface area contributed by atoms with Gasteiger partial charge in [0.05, 0.1) is 12.0 Å². The number of thioether (sulfide) groups is 1. The Morgan fingerprint density at radius 3 is 3.00 bits per heavy atom. The van der Waals surface area contributed by atoms with Gasteiger partial charge in [-0.15, -0.1) is 21.5 Å². The summed E-state index contributed by atoms with van der Waals surface area (Å²) < 4.78 is 16.6. The van der Waals surface area contributed by atoms with Gasteiger partial charge in [-0.25, -0.2) is 4.98 Å². The van der Waals surface area contributed by atoms with Crippen LogP contribution in [-0.2, 0) is 12.4 Å². The molecule has 0 N–H and O–H groups in total. The predicted molar refractivity (Wildman–Crippen MR) is 99.2 cm³/mol. The van der Waals surface area contributed by atoms with Gasteiger partial charge in [0.25, 0.3) is 11.1 Å². The highest BCUT2D eigenvalue weighted by Crippen LogP contribution is 2.27. The molecule has 4 aromatic rings. The number of ether oxygens (including phenoxy) is 1. The number of aryl methyl sites for hydroxylation is 1. The normalized spacial score (nSPS) is 11.0. The standard InChI is InChI=1S/C18H15N3O3S2/c1-12-4-2-5-14(8-12)23-9-16-20-21-18(24-16)26-11-13-10-25-17(19-13)15-6-3-7-22-15/h2-8,10H,9,11H2,1H3. The predicted octanol–water partition coefficient (Wildman–Crippen LogP) is 4.97. The van der Waals surface area contributed by atoms with Crippen LogP contribution in [0.5, 0.6) is 5.75 Å². The van der Waals surface area contributed by atoms with E-state index in [0.29, 0.717) is 16.9 Å². The molecule has 26 heavy (non-hydrogen) atoms. The lowest BCUT2D eigenvalue weighted by atomic mass is 10.2. The lowest BCUT2D eigenvalue weighted by molar-refractivity contribution is 0.252. The number of benzene rings is 1. The van der Waals surface area contributed by atoms with Gasteiger partial charge in [0.1, 0.15) is 5.75 Å². The Bertz CT molecular complexity index is 979. The molecule has 0 fully saturated rings. The molecule has 3 heterocycles. The quantitative estimate of drug-likeness (QED) is 0.416. The maximum absolute atomic E-state index is 5.67. The zero-order valence-electron chi connectivity index (χ0n) is 13.9. The van der Waals surface area contributed by atoms with Crippen LogP contribution in [0.3, 0.4) is 0 Å². The summed E-state index contributed by atoms with van der Waals surface area (Å²) in [4.78, 5) is 4.55. The van der Waals surface area contributed by atoms with E-state index >= 15 is 0 Å². The van der Waals surface area contributed by atoms with Crippen molar-refractivity contribution in [2.75, 3.05) is 0 Å². The molecule has 3 aromatic heterocycles. The largest absolute Gasteiger partial charge is 0.484 e. The fraction of sp³-hybridized carbons (Fsp3) is 0.167. The Kier molecular flexibility index (Phi) is 5.03. The maximum atomic E-state index is 5.67. The Balaban J connectivity index is 1.31. The van der Waals surface area contributed by atoms with Gasteiger partial charge >= 0.3 is 0 Å². The highest BCUT2D eigenvalue weighted by atomic mass is 32.2. The molecular weight excluding hydrogens is 370 g/mol. The van der Waals surface area contributed by atoms with E-state index in [2.05, 4.69) is 15.2 Å². The van der Waals surface area contributed by atoms with E-state index in [4.69, 9.17) is 13.6 Å². The molecule has 0 aliphatic rings. The van der Waals surface area contributed by atoms with Crippen LogP contribution in [0.2, 0.25) is 0 Å². The van der Waals surface area contributed by atoms with Crippen LogP contribution in [-0.4, -0.2) is 15.2 Å². The topological polar surface area (TPSA) is 74.2 Å². The first-order valence-corrected chi connectivity index (χ1v) is 9.76. The Hall–Kier alpha value is -2.58. The average molecular weight is 385 g/mol. The van der Waals surface area contributed by atoms with Crippen LogP contribution in [0.1, 0.15) is 17.1 Å². The van der Waals surface area contributed by atoms with E-state index in [1.165, 1.54) is 11.8 Å². The van der Waals surface area contributed by atoms with Crippen molar-refractivity contribution in [2.24, 2.45) is 0 Å². The molecule has 0 saturated heterocycles. The number of furan rings is 1. The molecule has 0 saturated carbocycles. The number of thiazole rings is 1. The summed E-state index contributed by atoms with van der Waals surface area (Å²) in [6.45, 7) is 2.26. The zero-order chi connectivity index (χ0) is 17.8. The molecule has 0 amide bonds. The molecule has 1 aromatic carbocycles. The van der Waals surface area contributed by atoms with Gasteiger partial charge in [0.15, 0.2) is 17.4 Å². The number of hydrogen-bond acceptors (Lipinski definition) is 8. The van der Waals surface area contributed by atoms with Crippen molar-refractivity contribution in [3.05, 3.63) is 65.2 Å². The molecule has 0 atom stereocenters. The van der Waals surface area contributed by atoms with Gasteiger partial charge in [-0.05, 0) is 36.8 Å². The lowest BCUT2D eigenvalue weighted by Gasteiger charge is -2.03. The Morgan fingerprint density at radius 1 is 1.19 bits per heavy atom. The van der Waals surface area contributed by atoms with Gasteiger partial charge < -0.3 is 13.6 Å². The number of rotatable bonds is 7. The van der Waals surface area contributed by atoms with Crippen molar-refractivity contribution in [1.29, 1.82) is 0 Å². The summed E-state index contributed by atoms with van der Waals surface area (Å²) in [5.74, 6) is 2.66. The first kappa shape index (κ1) is 16.9. The summed E-state index contributed by atoms with van der Waals surface area (Å²) in [6.07, 6.45) is 1.64. The van der Waals surface area contributed by atoms with Crippen molar-refractivity contribution in [1.82, 2.24) is 15.2 Å². The lowest BCUT2D eigenvalue weighted by Crippen LogP contribution is -1.95. The fourth-order valence-electron chi connectivity index (χ4n) is 2.23. The minimum absolute atomic E-state index is 0.246. The summed E-state index contributed by atoms with van der Waals surface area (Å²) in [5, 5.41) is 11.4. The van der Waals surface area contributed by atoms with Gasteiger partial charge in [0, 0.05) is 11.1 Å². The molecule has 8 heteroatoms. The van der Waals surface area contributed by atoms with E-state index in [1.807, 2.05) is 48.7 Å². The molecule has 0 bridgehead atoms. The third-order valence-corrected chi connectivity index (χ3v) is 5.19. The van der Waals surface area contributed by atoms with Gasteiger partial charge in [-0.3, -0.25) is 0 Å². The van der Waals surface area contributed by atoms with Crippen LogP contribution in [0.4, 0.5) is 0 Å². The Labute approximate surface area is 158 Å². The molecule has 0 aliphatic heterocycles. The van der Waals surface area contributed by atoms with Crippen molar-refractivity contribution in [3.63, 3.8) is 0 Å².